The molecule has 1 amide bonds. The summed E-state index contributed by atoms with van der Waals surface area (Å²) in [6, 6.07) is 11.1. The van der Waals surface area contributed by atoms with E-state index < -0.39 is 6.10 Å². The Morgan fingerprint density at radius 1 is 1.14 bits per heavy atom. The maximum Gasteiger partial charge on any atom is 0.263 e. The molecule has 2 atom stereocenters. The smallest absolute Gasteiger partial charge is 0.263 e. The van der Waals surface area contributed by atoms with Gasteiger partial charge in [-0.1, -0.05) is 11.6 Å². The topological polar surface area (TPSA) is 48.0 Å². The highest BCUT2D eigenvalue weighted by Gasteiger charge is 2.35. The fraction of sp³-hybridized carbons (Fsp3) is 0.409. The van der Waals surface area contributed by atoms with Gasteiger partial charge in [-0.25, -0.2) is 0 Å². The minimum atomic E-state index is -0.593. The van der Waals surface area contributed by atoms with Crippen molar-refractivity contribution < 1.29 is 19.0 Å². The van der Waals surface area contributed by atoms with Crippen LogP contribution in [0, 0.1) is 6.92 Å². The average Bonchev–Trinajstić information content (AvgIpc) is 3.18. The molecule has 1 saturated heterocycles. The van der Waals surface area contributed by atoms with Crippen molar-refractivity contribution in [1.29, 1.82) is 0 Å². The number of aryl methyl sites for hydroxylation is 1. The van der Waals surface area contributed by atoms with Gasteiger partial charge < -0.3 is 19.1 Å². The first-order valence-corrected chi connectivity index (χ1v) is 9.77. The molecule has 28 heavy (non-hydrogen) atoms. The highest BCUT2D eigenvalue weighted by molar-refractivity contribution is 6.30. The quantitative estimate of drug-likeness (QED) is 0.695. The lowest BCUT2D eigenvalue weighted by molar-refractivity contribution is -0.139. The van der Waals surface area contributed by atoms with Gasteiger partial charge in [-0.05, 0) is 62.6 Å². The highest BCUT2D eigenvalue weighted by atomic mass is 35.5. The maximum absolute atomic E-state index is 13.1. The molecule has 6 heteroatoms. The average molecular weight is 404 g/mol. The number of nitrogens with zero attached hydrogens (tertiary/aromatic N) is 1. The summed E-state index contributed by atoms with van der Waals surface area (Å²) in [6.07, 6.45) is 1.24. The molecule has 2 unspecified atom stereocenters. The van der Waals surface area contributed by atoms with E-state index in [1.54, 1.807) is 33.3 Å². The molecule has 1 fully saturated rings. The third-order valence-electron chi connectivity index (χ3n) is 5.12. The van der Waals surface area contributed by atoms with Crippen molar-refractivity contribution in [3.8, 4) is 17.2 Å². The monoisotopic (exact) mass is 403 g/mol. The van der Waals surface area contributed by atoms with Crippen LogP contribution in [0.2, 0.25) is 5.02 Å². The number of rotatable bonds is 6. The van der Waals surface area contributed by atoms with E-state index in [9.17, 15) is 4.79 Å². The van der Waals surface area contributed by atoms with E-state index in [0.717, 1.165) is 35.5 Å². The number of carbonyl (C=O) groups excluding carboxylic acids is 1. The van der Waals surface area contributed by atoms with E-state index in [0.29, 0.717) is 17.3 Å². The highest BCUT2D eigenvalue weighted by Crippen LogP contribution is 2.39. The van der Waals surface area contributed by atoms with E-state index in [1.807, 2.05) is 36.1 Å². The number of likely N-dealkylation sites (tertiary alicyclic amines) is 1. The molecular formula is C22H26ClNO4. The Balaban J connectivity index is 1.79. The van der Waals surface area contributed by atoms with Crippen LogP contribution in [-0.4, -0.2) is 37.7 Å². The summed E-state index contributed by atoms with van der Waals surface area (Å²) >= 11 is 6.01. The fourth-order valence-electron chi connectivity index (χ4n) is 3.67. The Kier molecular flexibility index (Phi) is 6.35. The predicted molar refractivity (Wildman–Crippen MR) is 110 cm³/mol. The molecule has 5 nitrogen and oxygen atoms in total. The van der Waals surface area contributed by atoms with Crippen LogP contribution in [0.15, 0.2) is 36.4 Å². The van der Waals surface area contributed by atoms with E-state index in [-0.39, 0.29) is 11.9 Å². The molecule has 150 valence electrons. The summed E-state index contributed by atoms with van der Waals surface area (Å²) in [5.74, 6) is 2.09. The predicted octanol–water partition coefficient (Wildman–Crippen LogP) is 4.80. The van der Waals surface area contributed by atoms with Gasteiger partial charge in [0.1, 0.15) is 17.2 Å². The molecule has 0 bridgehead atoms. The van der Waals surface area contributed by atoms with Crippen LogP contribution in [0.5, 0.6) is 17.2 Å². The lowest BCUT2D eigenvalue weighted by Crippen LogP contribution is -2.40. The first kappa shape index (κ1) is 20.3. The molecule has 1 aliphatic heterocycles. The van der Waals surface area contributed by atoms with Crippen molar-refractivity contribution in [2.45, 2.75) is 38.8 Å². The molecule has 0 aromatic heterocycles. The zero-order chi connectivity index (χ0) is 20.3. The number of ether oxygens (including phenoxy) is 3. The van der Waals surface area contributed by atoms with Crippen LogP contribution in [-0.2, 0) is 4.79 Å². The zero-order valence-corrected chi connectivity index (χ0v) is 17.5. The molecule has 2 aromatic rings. The van der Waals surface area contributed by atoms with E-state index in [4.69, 9.17) is 25.8 Å². The van der Waals surface area contributed by atoms with Crippen molar-refractivity contribution in [2.75, 3.05) is 20.8 Å². The summed E-state index contributed by atoms with van der Waals surface area (Å²) in [4.78, 5) is 15.0. The Hall–Kier alpha value is -2.40. The molecule has 0 spiro atoms. The van der Waals surface area contributed by atoms with E-state index >= 15 is 0 Å². The number of carbonyl (C=O) groups is 1. The number of hydrogen-bond donors (Lipinski definition) is 0. The van der Waals surface area contributed by atoms with Crippen LogP contribution >= 0.6 is 11.6 Å². The summed E-state index contributed by atoms with van der Waals surface area (Å²) in [5.41, 5.74) is 1.89. The third kappa shape index (κ3) is 4.20. The molecule has 2 aromatic carbocycles. The normalized spacial score (nSPS) is 17.3. The summed E-state index contributed by atoms with van der Waals surface area (Å²) in [6.45, 7) is 4.41. The van der Waals surface area contributed by atoms with Crippen molar-refractivity contribution in [3.63, 3.8) is 0 Å². The molecule has 0 aliphatic carbocycles. The summed E-state index contributed by atoms with van der Waals surface area (Å²) in [5, 5.41) is 0.648. The molecule has 0 saturated carbocycles. The lowest BCUT2D eigenvalue weighted by Gasteiger charge is -2.29. The minimum Gasteiger partial charge on any atom is -0.497 e. The Bertz CT molecular complexity index is 854. The third-order valence-corrected chi connectivity index (χ3v) is 5.36. The van der Waals surface area contributed by atoms with Gasteiger partial charge in [0, 0.05) is 23.2 Å². The molecule has 3 rings (SSSR count). The van der Waals surface area contributed by atoms with Gasteiger partial charge in [0.25, 0.3) is 5.91 Å². The lowest BCUT2D eigenvalue weighted by atomic mass is 10.0. The summed E-state index contributed by atoms with van der Waals surface area (Å²) < 4.78 is 16.8. The maximum atomic E-state index is 13.1. The van der Waals surface area contributed by atoms with Gasteiger partial charge in [0.05, 0.1) is 20.3 Å². The largest absolute Gasteiger partial charge is 0.497 e. The van der Waals surface area contributed by atoms with Gasteiger partial charge in [-0.3, -0.25) is 4.79 Å². The number of methoxy groups -OCH3 is 2. The Morgan fingerprint density at radius 3 is 2.61 bits per heavy atom. The summed E-state index contributed by atoms with van der Waals surface area (Å²) in [7, 11) is 3.26. The Labute approximate surface area is 171 Å². The van der Waals surface area contributed by atoms with Crippen molar-refractivity contribution in [3.05, 3.63) is 52.5 Å². The number of benzene rings is 2. The molecule has 0 radical (unpaired) electrons. The van der Waals surface area contributed by atoms with E-state index in [2.05, 4.69) is 0 Å². The molecular weight excluding hydrogens is 378 g/mol. The second-order valence-corrected chi connectivity index (χ2v) is 7.40. The van der Waals surface area contributed by atoms with E-state index in [1.165, 1.54) is 0 Å². The van der Waals surface area contributed by atoms with Crippen LogP contribution in [0.1, 0.15) is 36.9 Å². The van der Waals surface area contributed by atoms with Crippen LogP contribution in [0.25, 0.3) is 0 Å². The number of amides is 1. The van der Waals surface area contributed by atoms with Crippen molar-refractivity contribution >= 4 is 17.5 Å². The van der Waals surface area contributed by atoms with Gasteiger partial charge in [0.2, 0.25) is 0 Å². The SMILES string of the molecule is COc1ccc(C2CCCN2C(=O)C(C)Oc2ccc(Cl)cc2C)c(OC)c1. The van der Waals surface area contributed by atoms with Crippen LogP contribution in [0.4, 0.5) is 0 Å². The minimum absolute atomic E-state index is 0.0327. The van der Waals surface area contributed by atoms with Crippen molar-refractivity contribution in [1.82, 2.24) is 4.90 Å². The first-order valence-electron chi connectivity index (χ1n) is 9.39. The van der Waals surface area contributed by atoms with Gasteiger partial charge >= 0.3 is 0 Å². The Morgan fingerprint density at radius 2 is 1.93 bits per heavy atom. The zero-order valence-electron chi connectivity index (χ0n) is 16.7. The van der Waals surface area contributed by atoms with Crippen LogP contribution in [0.3, 0.4) is 0 Å². The van der Waals surface area contributed by atoms with Gasteiger partial charge in [-0.15, -0.1) is 0 Å². The standard InChI is InChI=1S/C22H26ClNO4/c1-14-12-16(23)7-10-20(14)28-15(2)22(25)24-11-5-6-19(24)18-9-8-17(26-3)13-21(18)27-4/h7-10,12-13,15,19H,5-6,11H2,1-4H3. The van der Waals surface area contributed by atoms with Crippen LogP contribution < -0.4 is 14.2 Å². The van der Waals surface area contributed by atoms with Gasteiger partial charge in [0.15, 0.2) is 6.10 Å². The molecule has 1 heterocycles. The second-order valence-electron chi connectivity index (χ2n) is 6.97. The molecule has 1 aliphatic rings. The fourth-order valence-corrected chi connectivity index (χ4v) is 3.89. The van der Waals surface area contributed by atoms with Gasteiger partial charge in [-0.2, -0.15) is 0 Å². The second kappa shape index (κ2) is 8.74. The molecule has 0 N–H and O–H groups in total. The van der Waals surface area contributed by atoms with Crippen molar-refractivity contribution in [2.24, 2.45) is 0 Å². The number of halogens is 1. The first-order chi connectivity index (χ1) is 13.4. The number of hydrogen-bond acceptors (Lipinski definition) is 4.